The number of hydrazone groups is 1. The van der Waals surface area contributed by atoms with Gasteiger partial charge >= 0.3 is 0 Å². The van der Waals surface area contributed by atoms with Crippen LogP contribution in [0.3, 0.4) is 0 Å². The number of carbonyl (C=O) groups is 2. The second-order valence-electron chi connectivity index (χ2n) is 5.30. The van der Waals surface area contributed by atoms with Crippen LogP contribution < -0.4 is 10.3 Å². The third kappa shape index (κ3) is 3.48. The van der Waals surface area contributed by atoms with Crippen molar-refractivity contribution in [2.24, 2.45) is 5.10 Å². The van der Waals surface area contributed by atoms with Gasteiger partial charge in [0.05, 0.1) is 5.69 Å². The minimum absolute atomic E-state index is 0.0734. The Labute approximate surface area is 125 Å². The molecule has 0 aromatic heterocycles. The molecule has 0 saturated heterocycles. The van der Waals surface area contributed by atoms with Gasteiger partial charge in [0.1, 0.15) is 5.71 Å². The van der Waals surface area contributed by atoms with Crippen LogP contribution in [-0.2, 0) is 9.59 Å². The van der Waals surface area contributed by atoms with Gasteiger partial charge in [-0.2, -0.15) is 5.10 Å². The van der Waals surface area contributed by atoms with Crippen molar-refractivity contribution < 1.29 is 9.59 Å². The van der Waals surface area contributed by atoms with Crippen molar-refractivity contribution >= 4 is 23.2 Å². The minimum Gasteiger partial charge on any atom is -0.351 e. The highest BCUT2D eigenvalue weighted by atomic mass is 16.2. The number of rotatable bonds is 4. The third-order valence-electron chi connectivity index (χ3n) is 3.42. The van der Waals surface area contributed by atoms with Crippen LogP contribution >= 0.6 is 0 Å². The molecule has 1 aromatic rings. The molecule has 0 radical (unpaired) electrons. The summed E-state index contributed by atoms with van der Waals surface area (Å²) in [4.78, 5) is 24.1. The molecule has 0 aliphatic carbocycles. The van der Waals surface area contributed by atoms with Crippen molar-refractivity contribution in [1.29, 1.82) is 0 Å². The molecular weight excluding hydrogens is 266 g/mol. The maximum absolute atomic E-state index is 12.1. The quantitative estimate of drug-likeness (QED) is 0.923. The maximum Gasteiger partial charge on any atom is 0.267 e. The number of nitrogens with zero attached hydrogens (tertiary/aromatic N) is 2. The smallest absolute Gasteiger partial charge is 0.267 e. The standard InChI is InChI=1S/C16H21N3O2/c1-4-9-17-16(21)13-7-8-15(20)19(18-13)14-10-11(2)5-6-12(14)3/h5-6,10H,4,7-9H2,1-3H3,(H,17,21). The van der Waals surface area contributed by atoms with Gasteiger partial charge in [0.15, 0.2) is 0 Å². The van der Waals surface area contributed by atoms with E-state index in [1.54, 1.807) is 0 Å². The Hall–Kier alpha value is -2.17. The van der Waals surface area contributed by atoms with Crippen LogP contribution in [0.2, 0.25) is 0 Å². The molecule has 2 amide bonds. The lowest BCUT2D eigenvalue weighted by Gasteiger charge is -2.24. The van der Waals surface area contributed by atoms with Crippen LogP contribution in [0.4, 0.5) is 5.69 Å². The molecule has 5 nitrogen and oxygen atoms in total. The van der Waals surface area contributed by atoms with E-state index in [1.807, 2.05) is 39.0 Å². The number of hydrogen-bond acceptors (Lipinski definition) is 3. The Morgan fingerprint density at radius 3 is 2.81 bits per heavy atom. The highest BCUT2D eigenvalue weighted by Crippen LogP contribution is 2.25. The van der Waals surface area contributed by atoms with Gasteiger partial charge in [-0.3, -0.25) is 9.59 Å². The molecule has 1 aliphatic rings. The minimum atomic E-state index is -0.181. The number of amides is 2. The van der Waals surface area contributed by atoms with Crippen molar-refractivity contribution in [1.82, 2.24) is 5.32 Å². The molecule has 5 heteroatoms. The van der Waals surface area contributed by atoms with E-state index >= 15 is 0 Å². The van der Waals surface area contributed by atoms with Crippen molar-refractivity contribution in [3.05, 3.63) is 29.3 Å². The second-order valence-corrected chi connectivity index (χ2v) is 5.30. The number of aryl methyl sites for hydroxylation is 2. The molecule has 0 fully saturated rings. The maximum atomic E-state index is 12.1. The lowest BCUT2D eigenvalue weighted by Crippen LogP contribution is -2.39. The summed E-state index contributed by atoms with van der Waals surface area (Å²) < 4.78 is 0. The Morgan fingerprint density at radius 2 is 2.10 bits per heavy atom. The van der Waals surface area contributed by atoms with Crippen LogP contribution in [0.25, 0.3) is 0 Å². The van der Waals surface area contributed by atoms with E-state index in [1.165, 1.54) is 5.01 Å². The van der Waals surface area contributed by atoms with Crippen molar-refractivity contribution in [3.63, 3.8) is 0 Å². The monoisotopic (exact) mass is 287 g/mol. The average molecular weight is 287 g/mol. The summed E-state index contributed by atoms with van der Waals surface area (Å²) in [5.74, 6) is -0.254. The van der Waals surface area contributed by atoms with Crippen LogP contribution in [-0.4, -0.2) is 24.1 Å². The molecule has 1 aromatic carbocycles. The molecule has 0 bridgehead atoms. The first-order valence-corrected chi connectivity index (χ1v) is 7.28. The molecule has 2 rings (SSSR count). The third-order valence-corrected chi connectivity index (χ3v) is 3.42. The largest absolute Gasteiger partial charge is 0.351 e. The molecule has 0 unspecified atom stereocenters. The lowest BCUT2D eigenvalue weighted by molar-refractivity contribution is -0.118. The molecule has 0 saturated carbocycles. The zero-order valence-corrected chi connectivity index (χ0v) is 12.8. The van der Waals surface area contributed by atoms with Gasteiger partial charge in [-0.15, -0.1) is 0 Å². The lowest BCUT2D eigenvalue weighted by atomic mass is 10.1. The van der Waals surface area contributed by atoms with Crippen molar-refractivity contribution in [2.45, 2.75) is 40.0 Å². The van der Waals surface area contributed by atoms with Gasteiger partial charge in [-0.25, -0.2) is 5.01 Å². The molecule has 1 heterocycles. The van der Waals surface area contributed by atoms with Gasteiger partial charge in [0, 0.05) is 19.4 Å². The van der Waals surface area contributed by atoms with E-state index in [2.05, 4.69) is 10.4 Å². The zero-order valence-electron chi connectivity index (χ0n) is 12.8. The first-order chi connectivity index (χ1) is 10.0. The number of benzene rings is 1. The molecule has 0 spiro atoms. The molecule has 1 aliphatic heterocycles. The van der Waals surface area contributed by atoms with Crippen LogP contribution in [0.5, 0.6) is 0 Å². The summed E-state index contributed by atoms with van der Waals surface area (Å²) in [6.07, 6.45) is 1.58. The predicted molar refractivity (Wildman–Crippen MR) is 83.4 cm³/mol. The predicted octanol–water partition coefficient (Wildman–Crippen LogP) is 2.31. The van der Waals surface area contributed by atoms with E-state index in [-0.39, 0.29) is 11.8 Å². The van der Waals surface area contributed by atoms with Crippen molar-refractivity contribution in [3.8, 4) is 0 Å². The molecular formula is C16H21N3O2. The number of hydrogen-bond donors (Lipinski definition) is 1. The molecule has 112 valence electrons. The molecule has 21 heavy (non-hydrogen) atoms. The zero-order chi connectivity index (χ0) is 15.4. The fourth-order valence-corrected chi connectivity index (χ4v) is 2.19. The van der Waals surface area contributed by atoms with Crippen molar-refractivity contribution in [2.75, 3.05) is 11.6 Å². The van der Waals surface area contributed by atoms with E-state index < -0.39 is 0 Å². The van der Waals surface area contributed by atoms with Gasteiger partial charge in [0.2, 0.25) is 5.91 Å². The van der Waals surface area contributed by atoms with Gasteiger partial charge in [-0.1, -0.05) is 19.1 Å². The SMILES string of the molecule is CCCNC(=O)C1=NN(c2cc(C)ccc2C)C(=O)CC1. The Balaban J connectivity index is 2.30. The summed E-state index contributed by atoms with van der Waals surface area (Å²) in [6, 6.07) is 5.87. The van der Waals surface area contributed by atoms with E-state index in [0.717, 1.165) is 23.2 Å². The fourth-order valence-electron chi connectivity index (χ4n) is 2.19. The average Bonchev–Trinajstić information content (AvgIpc) is 2.48. The number of nitrogens with one attached hydrogen (secondary N) is 1. The Morgan fingerprint density at radius 1 is 1.33 bits per heavy atom. The number of carbonyl (C=O) groups excluding carboxylic acids is 2. The topological polar surface area (TPSA) is 61.8 Å². The van der Waals surface area contributed by atoms with E-state index in [0.29, 0.717) is 25.1 Å². The highest BCUT2D eigenvalue weighted by Gasteiger charge is 2.26. The Bertz CT molecular complexity index is 593. The Kier molecular flexibility index (Phi) is 4.73. The summed E-state index contributed by atoms with van der Waals surface area (Å²) in [5, 5.41) is 8.45. The fraction of sp³-hybridized carbons (Fsp3) is 0.438. The van der Waals surface area contributed by atoms with E-state index in [9.17, 15) is 9.59 Å². The summed E-state index contributed by atoms with van der Waals surface area (Å²) in [6.45, 7) is 6.52. The highest BCUT2D eigenvalue weighted by molar-refractivity contribution is 6.40. The first-order valence-electron chi connectivity index (χ1n) is 7.28. The van der Waals surface area contributed by atoms with Crippen LogP contribution in [0.15, 0.2) is 23.3 Å². The second kappa shape index (κ2) is 6.52. The molecule has 1 N–H and O–H groups in total. The number of anilines is 1. The summed E-state index contributed by atoms with van der Waals surface area (Å²) >= 11 is 0. The first kappa shape index (κ1) is 15.2. The molecule has 0 atom stereocenters. The summed E-state index contributed by atoms with van der Waals surface area (Å²) in [7, 11) is 0. The van der Waals surface area contributed by atoms with Gasteiger partial charge in [0.25, 0.3) is 5.91 Å². The summed E-state index contributed by atoms with van der Waals surface area (Å²) in [5.41, 5.74) is 3.19. The normalized spacial score (nSPS) is 14.9. The van der Waals surface area contributed by atoms with Gasteiger partial charge < -0.3 is 5.32 Å². The van der Waals surface area contributed by atoms with E-state index in [4.69, 9.17) is 0 Å². The van der Waals surface area contributed by atoms with Gasteiger partial charge in [-0.05, 0) is 37.5 Å². The van der Waals surface area contributed by atoms with Crippen LogP contribution in [0, 0.1) is 13.8 Å². The van der Waals surface area contributed by atoms with Crippen LogP contribution in [0.1, 0.15) is 37.3 Å².